The predicted molar refractivity (Wildman–Crippen MR) is 88.3 cm³/mol. The van der Waals surface area contributed by atoms with Gasteiger partial charge in [-0.15, -0.1) is 0 Å². The van der Waals surface area contributed by atoms with Crippen LogP contribution in [0.4, 0.5) is 5.69 Å². The van der Waals surface area contributed by atoms with Crippen LogP contribution in [0, 0.1) is 0 Å². The Morgan fingerprint density at radius 2 is 2.00 bits per heavy atom. The van der Waals surface area contributed by atoms with Crippen LogP contribution in [0.25, 0.3) is 0 Å². The predicted octanol–water partition coefficient (Wildman–Crippen LogP) is 3.45. The molecule has 0 amide bonds. The standard InChI is InChI=1S/C16H24N2OS/c1-16(2,3)12-6-8-13(9-7-12)18-15(20)17-11-14-5-4-10-19-14/h6-9,14H,4-5,10-11H2,1-3H3,(H2,17,18,20)/t14-/m1/s1. The number of nitrogens with one attached hydrogen (secondary N) is 2. The highest BCUT2D eigenvalue weighted by atomic mass is 32.1. The van der Waals surface area contributed by atoms with Gasteiger partial charge in [-0.2, -0.15) is 0 Å². The molecule has 1 aromatic carbocycles. The zero-order chi connectivity index (χ0) is 14.6. The van der Waals surface area contributed by atoms with E-state index in [4.69, 9.17) is 17.0 Å². The molecule has 0 radical (unpaired) electrons. The third kappa shape index (κ3) is 4.46. The van der Waals surface area contributed by atoms with Gasteiger partial charge in [-0.25, -0.2) is 0 Å². The first kappa shape index (κ1) is 15.3. The molecule has 1 aliphatic heterocycles. The van der Waals surface area contributed by atoms with Crippen molar-refractivity contribution in [2.24, 2.45) is 0 Å². The van der Waals surface area contributed by atoms with Crippen molar-refractivity contribution in [2.75, 3.05) is 18.5 Å². The van der Waals surface area contributed by atoms with Crippen LogP contribution in [-0.4, -0.2) is 24.4 Å². The molecule has 1 aliphatic rings. The van der Waals surface area contributed by atoms with E-state index in [0.29, 0.717) is 11.2 Å². The van der Waals surface area contributed by atoms with E-state index in [9.17, 15) is 0 Å². The Morgan fingerprint density at radius 1 is 1.30 bits per heavy atom. The molecular weight excluding hydrogens is 268 g/mol. The fourth-order valence-corrected chi connectivity index (χ4v) is 2.44. The van der Waals surface area contributed by atoms with Crippen molar-refractivity contribution in [3.8, 4) is 0 Å². The van der Waals surface area contributed by atoms with E-state index in [-0.39, 0.29) is 5.41 Å². The lowest BCUT2D eigenvalue weighted by molar-refractivity contribution is 0.114. The summed E-state index contributed by atoms with van der Waals surface area (Å²) < 4.78 is 5.56. The summed E-state index contributed by atoms with van der Waals surface area (Å²) >= 11 is 5.30. The molecule has 0 spiro atoms. The molecular formula is C16H24N2OS. The largest absolute Gasteiger partial charge is 0.376 e. The lowest BCUT2D eigenvalue weighted by Gasteiger charge is -2.19. The maximum atomic E-state index is 5.56. The molecule has 2 rings (SSSR count). The fourth-order valence-electron chi connectivity index (χ4n) is 2.24. The van der Waals surface area contributed by atoms with E-state index in [0.717, 1.165) is 31.7 Å². The third-order valence-corrected chi connectivity index (χ3v) is 3.77. The van der Waals surface area contributed by atoms with E-state index >= 15 is 0 Å². The SMILES string of the molecule is CC(C)(C)c1ccc(NC(=S)NC[C@H]2CCCO2)cc1. The summed E-state index contributed by atoms with van der Waals surface area (Å²) in [7, 11) is 0. The minimum atomic E-state index is 0.178. The molecule has 1 saturated heterocycles. The van der Waals surface area contributed by atoms with Crippen LogP contribution >= 0.6 is 12.2 Å². The smallest absolute Gasteiger partial charge is 0.170 e. The summed E-state index contributed by atoms with van der Waals surface area (Å²) in [5.41, 5.74) is 2.51. The Bertz CT molecular complexity index is 445. The summed E-state index contributed by atoms with van der Waals surface area (Å²) in [5.74, 6) is 0. The molecule has 0 bridgehead atoms. The first-order chi connectivity index (χ1) is 9.45. The van der Waals surface area contributed by atoms with Gasteiger partial charge in [-0.3, -0.25) is 0 Å². The number of thiocarbonyl (C=S) groups is 1. The van der Waals surface area contributed by atoms with Gasteiger partial charge >= 0.3 is 0 Å². The second kappa shape index (κ2) is 6.55. The number of ether oxygens (including phenoxy) is 1. The van der Waals surface area contributed by atoms with Crippen LogP contribution in [0.5, 0.6) is 0 Å². The number of hydrogen-bond acceptors (Lipinski definition) is 2. The molecule has 0 aliphatic carbocycles. The molecule has 110 valence electrons. The first-order valence-electron chi connectivity index (χ1n) is 7.22. The first-order valence-corrected chi connectivity index (χ1v) is 7.63. The fraction of sp³-hybridized carbons (Fsp3) is 0.562. The monoisotopic (exact) mass is 292 g/mol. The zero-order valence-corrected chi connectivity index (χ0v) is 13.3. The van der Waals surface area contributed by atoms with Crippen LogP contribution in [0.15, 0.2) is 24.3 Å². The highest BCUT2D eigenvalue weighted by molar-refractivity contribution is 7.80. The van der Waals surface area contributed by atoms with Gasteiger partial charge < -0.3 is 15.4 Å². The summed E-state index contributed by atoms with van der Waals surface area (Å²) in [5, 5.41) is 7.08. The van der Waals surface area contributed by atoms with Gasteiger partial charge in [0.25, 0.3) is 0 Å². The Morgan fingerprint density at radius 3 is 2.55 bits per heavy atom. The van der Waals surface area contributed by atoms with E-state index in [1.54, 1.807) is 0 Å². The van der Waals surface area contributed by atoms with Crippen molar-refractivity contribution in [2.45, 2.75) is 45.1 Å². The molecule has 0 unspecified atom stereocenters. The quantitative estimate of drug-likeness (QED) is 0.836. The van der Waals surface area contributed by atoms with Crippen molar-refractivity contribution in [3.05, 3.63) is 29.8 Å². The van der Waals surface area contributed by atoms with Gasteiger partial charge in [0.15, 0.2) is 5.11 Å². The van der Waals surface area contributed by atoms with Crippen molar-refractivity contribution in [3.63, 3.8) is 0 Å². The Kier molecular flexibility index (Phi) is 5.00. The number of rotatable bonds is 3. The van der Waals surface area contributed by atoms with E-state index in [2.05, 4.69) is 55.7 Å². The topological polar surface area (TPSA) is 33.3 Å². The van der Waals surface area contributed by atoms with Gasteiger partial charge in [-0.05, 0) is 48.2 Å². The Hall–Kier alpha value is -1.13. The maximum Gasteiger partial charge on any atom is 0.170 e. The highest BCUT2D eigenvalue weighted by Crippen LogP contribution is 2.23. The summed E-state index contributed by atoms with van der Waals surface area (Å²) in [6.07, 6.45) is 2.58. The minimum absolute atomic E-state index is 0.178. The average molecular weight is 292 g/mol. The molecule has 4 heteroatoms. The molecule has 20 heavy (non-hydrogen) atoms. The normalized spacial score (nSPS) is 18.9. The second-order valence-electron chi connectivity index (χ2n) is 6.30. The van der Waals surface area contributed by atoms with Crippen molar-refractivity contribution in [1.29, 1.82) is 0 Å². The summed E-state index contributed by atoms with van der Waals surface area (Å²) in [6.45, 7) is 8.29. The number of benzene rings is 1. The molecule has 0 saturated carbocycles. The molecule has 1 atom stereocenters. The molecule has 1 heterocycles. The third-order valence-electron chi connectivity index (χ3n) is 3.52. The molecule has 1 aromatic rings. The van der Waals surface area contributed by atoms with Gasteiger partial charge in [0.1, 0.15) is 0 Å². The second-order valence-corrected chi connectivity index (χ2v) is 6.71. The van der Waals surface area contributed by atoms with Gasteiger partial charge in [-0.1, -0.05) is 32.9 Å². The Labute approximate surface area is 127 Å². The van der Waals surface area contributed by atoms with Gasteiger partial charge in [0.2, 0.25) is 0 Å². The van der Waals surface area contributed by atoms with Gasteiger partial charge in [0, 0.05) is 18.8 Å². The summed E-state index contributed by atoms with van der Waals surface area (Å²) in [6, 6.07) is 8.43. The lowest BCUT2D eigenvalue weighted by Crippen LogP contribution is -2.34. The number of hydrogen-bond donors (Lipinski definition) is 2. The molecule has 1 fully saturated rings. The minimum Gasteiger partial charge on any atom is -0.376 e. The molecule has 3 nitrogen and oxygen atoms in total. The van der Waals surface area contributed by atoms with Crippen LogP contribution in [0.2, 0.25) is 0 Å². The van der Waals surface area contributed by atoms with Crippen molar-refractivity contribution in [1.82, 2.24) is 5.32 Å². The average Bonchev–Trinajstić information content (AvgIpc) is 2.89. The maximum absolute atomic E-state index is 5.56. The summed E-state index contributed by atoms with van der Waals surface area (Å²) in [4.78, 5) is 0. The van der Waals surface area contributed by atoms with E-state index < -0.39 is 0 Å². The molecule has 2 N–H and O–H groups in total. The molecule has 0 aromatic heterocycles. The van der Waals surface area contributed by atoms with Crippen LogP contribution in [0.1, 0.15) is 39.2 Å². The van der Waals surface area contributed by atoms with E-state index in [1.165, 1.54) is 5.56 Å². The number of anilines is 1. The van der Waals surface area contributed by atoms with Crippen molar-refractivity contribution < 1.29 is 4.74 Å². The van der Waals surface area contributed by atoms with Crippen LogP contribution in [0.3, 0.4) is 0 Å². The Balaban J connectivity index is 1.81. The zero-order valence-electron chi connectivity index (χ0n) is 12.5. The van der Waals surface area contributed by atoms with Crippen LogP contribution in [-0.2, 0) is 10.2 Å². The lowest BCUT2D eigenvalue weighted by atomic mass is 9.87. The van der Waals surface area contributed by atoms with Gasteiger partial charge in [0.05, 0.1) is 6.10 Å². The van der Waals surface area contributed by atoms with Crippen molar-refractivity contribution >= 4 is 23.0 Å². The van der Waals surface area contributed by atoms with Crippen LogP contribution < -0.4 is 10.6 Å². The highest BCUT2D eigenvalue weighted by Gasteiger charge is 2.15. The van der Waals surface area contributed by atoms with E-state index in [1.807, 2.05) is 0 Å².